The zero-order valence-electron chi connectivity index (χ0n) is 12.2. The highest BCUT2D eigenvalue weighted by atomic mass is 16.5. The third-order valence-electron chi connectivity index (χ3n) is 3.31. The van der Waals surface area contributed by atoms with Crippen LogP contribution in [0.5, 0.6) is 5.75 Å². The van der Waals surface area contributed by atoms with Crippen molar-refractivity contribution in [3.8, 4) is 5.75 Å². The number of hydrogen-bond acceptors (Lipinski definition) is 4. The summed E-state index contributed by atoms with van der Waals surface area (Å²) in [7, 11) is 1.68. The van der Waals surface area contributed by atoms with Gasteiger partial charge in [0.15, 0.2) is 11.4 Å². The maximum absolute atomic E-state index is 12.4. The predicted molar refractivity (Wildman–Crippen MR) is 75.7 cm³/mol. The van der Waals surface area contributed by atoms with Crippen LogP contribution >= 0.6 is 0 Å². The van der Waals surface area contributed by atoms with Crippen molar-refractivity contribution in [3.05, 3.63) is 24.0 Å². The van der Waals surface area contributed by atoms with Crippen molar-refractivity contribution in [1.82, 2.24) is 9.88 Å². The Bertz CT molecular complexity index is 472. The van der Waals surface area contributed by atoms with Crippen LogP contribution in [0.4, 0.5) is 0 Å². The number of aliphatic hydroxyl groups is 1. The minimum absolute atomic E-state index is 0.0203. The van der Waals surface area contributed by atoms with Crippen LogP contribution in [0.25, 0.3) is 0 Å². The molecule has 20 heavy (non-hydrogen) atoms. The van der Waals surface area contributed by atoms with Gasteiger partial charge in [-0.05, 0) is 44.7 Å². The molecule has 0 saturated heterocycles. The number of aliphatic hydroxyl groups excluding tert-OH is 1. The van der Waals surface area contributed by atoms with Crippen molar-refractivity contribution in [2.24, 2.45) is 5.92 Å². The lowest BCUT2D eigenvalue weighted by Crippen LogP contribution is -2.36. The van der Waals surface area contributed by atoms with E-state index in [0.717, 1.165) is 12.8 Å². The van der Waals surface area contributed by atoms with E-state index in [4.69, 9.17) is 4.74 Å². The Labute approximate surface area is 119 Å². The van der Waals surface area contributed by atoms with Crippen LogP contribution in [0.15, 0.2) is 18.3 Å². The molecule has 1 atom stereocenters. The minimum atomic E-state index is -0.442. The number of likely N-dealkylation sites (N-methyl/N-ethyl adjacent to an activating group) is 1. The molecule has 0 radical (unpaired) electrons. The van der Waals surface area contributed by atoms with E-state index in [-0.39, 0.29) is 12.0 Å². The summed E-state index contributed by atoms with van der Waals surface area (Å²) in [5, 5.41) is 9.92. The van der Waals surface area contributed by atoms with Crippen molar-refractivity contribution >= 4 is 5.91 Å². The number of nitrogens with zero attached hydrogens (tertiary/aromatic N) is 2. The highest BCUT2D eigenvalue weighted by molar-refractivity contribution is 5.94. The molecule has 1 saturated carbocycles. The molecule has 0 aliphatic heterocycles. The van der Waals surface area contributed by atoms with Crippen LogP contribution in [0.3, 0.4) is 0 Å². The van der Waals surface area contributed by atoms with Gasteiger partial charge < -0.3 is 14.7 Å². The Morgan fingerprint density at radius 1 is 1.55 bits per heavy atom. The van der Waals surface area contributed by atoms with Crippen LogP contribution in [0.1, 0.15) is 37.2 Å². The molecule has 1 unspecified atom stereocenters. The van der Waals surface area contributed by atoms with Gasteiger partial charge >= 0.3 is 0 Å². The average molecular weight is 278 g/mol. The Morgan fingerprint density at radius 2 is 2.25 bits per heavy atom. The molecule has 1 N–H and O–H groups in total. The van der Waals surface area contributed by atoms with Gasteiger partial charge in [-0.25, -0.2) is 4.98 Å². The molecular weight excluding hydrogens is 256 g/mol. The van der Waals surface area contributed by atoms with Crippen LogP contribution in [0, 0.1) is 5.92 Å². The van der Waals surface area contributed by atoms with Gasteiger partial charge in [0.2, 0.25) is 0 Å². The fourth-order valence-electron chi connectivity index (χ4n) is 2.07. The highest BCUT2D eigenvalue weighted by Crippen LogP contribution is 2.33. The lowest BCUT2D eigenvalue weighted by Gasteiger charge is -2.21. The number of carbonyl (C=O) groups excluding carboxylic acids is 1. The molecule has 0 spiro atoms. The summed E-state index contributed by atoms with van der Waals surface area (Å²) in [5.41, 5.74) is 0.298. The van der Waals surface area contributed by atoms with E-state index < -0.39 is 6.10 Å². The minimum Gasteiger partial charge on any atom is -0.489 e. The van der Waals surface area contributed by atoms with Crippen LogP contribution in [-0.4, -0.2) is 46.7 Å². The molecule has 1 aliphatic carbocycles. The van der Waals surface area contributed by atoms with E-state index in [1.54, 1.807) is 25.4 Å². The standard InChI is InChI=1S/C15H22N2O3/c1-10(2)20-13-5-4-8-16-14(13)15(19)17(3)9-12(18)11-6-7-11/h4-5,8,10-12,18H,6-7,9H2,1-3H3. The summed E-state index contributed by atoms with van der Waals surface area (Å²) in [4.78, 5) is 18.0. The molecule has 1 amide bonds. The van der Waals surface area contributed by atoms with E-state index in [0.29, 0.717) is 23.9 Å². The third kappa shape index (κ3) is 3.70. The Kier molecular flexibility index (Phi) is 4.60. The van der Waals surface area contributed by atoms with Crippen molar-refractivity contribution in [1.29, 1.82) is 0 Å². The molecule has 0 aromatic carbocycles. The van der Waals surface area contributed by atoms with Crippen molar-refractivity contribution in [2.45, 2.75) is 38.9 Å². The Morgan fingerprint density at radius 3 is 2.85 bits per heavy atom. The summed E-state index contributed by atoms with van der Waals surface area (Å²) in [5.74, 6) is 0.613. The SMILES string of the molecule is CC(C)Oc1cccnc1C(=O)N(C)CC(O)C1CC1. The first kappa shape index (κ1) is 14.8. The van der Waals surface area contributed by atoms with E-state index in [1.807, 2.05) is 13.8 Å². The lowest BCUT2D eigenvalue weighted by molar-refractivity contribution is 0.0634. The predicted octanol–water partition coefficient (Wildman–Crippen LogP) is 1.71. The van der Waals surface area contributed by atoms with Gasteiger partial charge in [-0.1, -0.05) is 0 Å². The number of aromatic nitrogens is 1. The number of amides is 1. The Balaban J connectivity index is 2.07. The molecular formula is C15H22N2O3. The number of ether oxygens (including phenoxy) is 1. The third-order valence-corrected chi connectivity index (χ3v) is 3.31. The largest absolute Gasteiger partial charge is 0.489 e. The quantitative estimate of drug-likeness (QED) is 0.860. The van der Waals surface area contributed by atoms with Gasteiger partial charge in [-0.3, -0.25) is 4.79 Å². The van der Waals surface area contributed by atoms with Crippen LogP contribution < -0.4 is 4.74 Å². The Hall–Kier alpha value is -1.62. The van der Waals surface area contributed by atoms with Crippen molar-refractivity contribution in [2.75, 3.05) is 13.6 Å². The molecule has 1 aromatic rings. The smallest absolute Gasteiger partial charge is 0.276 e. The lowest BCUT2D eigenvalue weighted by atomic mass is 10.2. The second-order valence-corrected chi connectivity index (χ2v) is 5.61. The molecule has 1 heterocycles. The van der Waals surface area contributed by atoms with E-state index in [2.05, 4.69) is 4.98 Å². The summed E-state index contributed by atoms with van der Waals surface area (Å²) >= 11 is 0. The molecule has 1 aliphatic rings. The average Bonchev–Trinajstić information content (AvgIpc) is 3.22. The fourth-order valence-corrected chi connectivity index (χ4v) is 2.07. The molecule has 1 aromatic heterocycles. The number of pyridine rings is 1. The van der Waals surface area contributed by atoms with Gasteiger partial charge in [0, 0.05) is 19.8 Å². The molecule has 1 fully saturated rings. The summed E-state index contributed by atoms with van der Waals surface area (Å²) in [6.45, 7) is 4.14. The molecule has 0 bridgehead atoms. The highest BCUT2D eigenvalue weighted by Gasteiger charge is 2.31. The zero-order chi connectivity index (χ0) is 14.7. The molecule has 5 heteroatoms. The van der Waals surface area contributed by atoms with Crippen LogP contribution in [0.2, 0.25) is 0 Å². The van der Waals surface area contributed by atoms with Gasteiger partial charge in [-0.2, -0.15) is 0 Å². The second-order valence-electron chi connectivity index (χ2n) is 5.61. The number of carbonyl (C=O) groups is 1. The zero-order valence-corrected chi connectivity index (χ0v) is 12.2. The van der Waals surface area contributed by atoms with E-state index in [1.165, 1.54) is 4.90 Å². The summed E-state index contributed by atoms with van der Waals surface area (Å²) in [6.07, 6.45) is 3.21. The van der Waals surface area contributed by atoms with Gasteiger partial charge in [0.25, 0.3) is 5.91 Å². The first-order valence-corrected chi connectivity index (χ1v) is 7.04. The molecule has 110 valence electrons. The first-order valence-electron chi connectivity index (χ1n) is 7.04. The molecule has 2 rings (SSSR count). The van der Waals surface area contributed by atoms with Gasteiger partial charge in [-0.15, -0.1) is 0 Å². The van der Waals surface area contributed by atoms with E-state index >= 15 is 0 Å². The summed E-state index contributed by atoms with van der Waals surface area (Å²) in [6, 6.07) is 3.49. The molecule has 5 nitrogen and oxygen atoms in total. The van der Waals surface area contributed by atoms with Crippen molar-refractivity contribution in [3.63, 3.8) is 0 Å². The monoisotopic (exact) mass is 278 g/mol. The second kappa shape index (κ2) is 6.22. The fraction of sp³-hybridized carbons (Fsp3) is 0.600. The maximum Gasteiger partial charge on any atom is 0.276 e. The normalized spacial score (nSPS) is 16.1. The topological polar surface area (TPSA) is 62.7 Å². The van der Waals surface area contributed by atoms with Gasteiger partial charge in [0.1, 0.15) is 0 Å². The van der Waals surface area contributed by atoms with Crippen molar-refractivity contribution < 1.29 is 14.6 Å². The van der Waals surface area contributed by atoms with Crippen LogP contribution in [-0.2, 0) is 0 Å². The summed E-state index contributed by atoms with van der Waals surface area (Å²) < 4.78 is 5.61. The maximum atomic E-state index is 12.4. The number of hydrogen-bond donors (Lipinski definition) is 1. The van der Waals surface area contributed by atoms with E-state index in [9.17, 15) is 9.90 Å². The first-order chi connectivity index (χ1) is 9.49. The van der Waals surface area contributed by atoms with Gasteiger partial charge in [0.05, 0.1) is 12.2 Å². The number of rotatable bonds is 6.